The number of hydrogen-bond acceptors (Lipinski definition) is 2. The van der Waals surface area contributed by atoms with Crippen molar-refractivity contribution in [2.24, 2.45) is 0 Å². The molecule has 0 saturated carbocycles. The molecule has 0 radical (unpaired) electrons. The predicted molar refractivity (Wildman–Crippen MR) is 248 cm³/mol. The highest BCUT2D eigenvalue weighted by Crippen LogP contribution is 2.57. The second-order valence-electron chi connectivity index (χ2n) is 16.5. The smallest absolute Gasteiger partial charge is 0.140 e. The van der Waals surface area contributed by atoms with Gasteiger partial charge in [0, 0.05) is 39.2 Å². The lowest BCUT2D eigenvalue weighted by Gasteiger charge is -2.42. The van der Waals surface area contributed by atoms with Crippen LogP contribution in [0.25, 0.3) is 33.4 Å². The molecule has 286 valence electrons. The van der Waals surface area contributed by atoms with Gasteiger partial charge in [0.05, 0.1) is 5.41 Å². The van der Waals surface area contributed by atoms with Crippen molar-refractivity contribution in [2.45, 2.75) is 24.7 Å². The molecule has 2 aliphatic rings. The third kappa shape index (κ3) is 5.56. The first-order valence-corrected chi connectivity index (χ1v) is 20.8. The van der Waals surface area contributed by atoms with Crippen molar-refractivity contribution in [1.29, 1.82) is 0 Å². The van der Waals surface area contributed by atoms with E-state index >= 15 is 0 Å². The molecule has 0 atom stereocenters. The minimum Gasteiger partial charge on any atom is -0.456 e. The van der Waals surface area contributed by atoms with Crippen LogP contribution in [-0.2, 0) is 10.8 Å². The van der Waals surface area contributed by atoms with Crippen LogP contribution in [0, 0.1) is 0 Å². The first-order chi connectivity index (χ1) is 29.5. The number of rotatable bonds is 7. The Kier molecular flexibility index (Phi) is 8.42. The van der Waals surface area contributed by atoms with Crippen molar-refractivity contribution in [2.75, 3.05) is 4.90 Å². The van der Waals surface area contributed by atoms with E-state index in [9.17, 15) is 0 Å². The highest BCUT2D eigenvalue weighted by atomic mass is 16.5. The molecule has 60 heavy (non-hydrogen) atoms. The molecule has 0 N–H and O–H groups in total. The van der Waals surface area contributed by atoms with Gasteiger partial charge in [0.2, 0.25) is 0 Å². The van der Waals surface area contributed by atoms with E-state index in [1.54, 1.807) is 0 Å². The van der Waals surface area contributed by atoms with Gasteiger partial charge in [-0.3, -0.25) is 0 Å². The number of hydrogen-bond donors (Lipinski definition) is 0. The second kappa shape index (κ2) is 14.1. The van der Waals surface area contributed by atoms with Crippen LogP contribution in [0.3, 0.4) is 0 Å². The summed E-state index contributed by atoms with van der Waals surface area (Å²) in [5.74, 6) is 1.75. The molecule has 1 aliphatic heterocycles. The Labute approximate surface area is 352 Å². The highest BCUT2D eigenvalue weighted by Gasteiger charge is 2.46. The third-order valence-electron chi connectivity index (χ3n) is 12.8. The van der Waals surface area contributed by atoms with E-state index in [-0.39, 0.29) is 5.41 Å². The van der Waals surface area contributed by atoms with Crippen molar-refractivity contribution in [3.05, 3.63) is 258 Å². The molecule has 2 heteroatoms. The number of anilines is 3. The summed E-state index contributed by atoms with van der Waals surface area (Å²) in [6.07, 6.45) is 0. The van der Waals surface area contributed by atoms with E-state index in [1.165, 1.54) is 44.5 Å². The van der Waals surface area contributed by atoms with Crippen molar-refractivity contribution in [3.63, 3.8) is 0 Å². The number of nitrogens with zero attached hydrogens (tertiary/aromatic N) is 1. The first kappa shape index (κ1) is 35.7. The van der Waals surface area contributed by atoms with Crippen LogP contribution in [0.4, 0.5) is 17.1 Å². The minimum atomic E-state index is -0.579. The molecule has 0 amide bonds. The molecule has 0 saturated heterocycles. The normalized spacial score (nSPS) is 13.9. The minimum absolute atomic E-state index is 0.122. The molecular formula is C58H43NO. The van der Waals surface area contributed by atoms with Gasteiger partial charge < -0.3 is 9.64 Å². The maximum absolute atomic E-state index is 7.01. The zero-order chi connectivity index (χ0) is 40.3. The average Bonchev–Trinajstić information content (AvgIpc) is 3.54. The Bertz CT molecular complexity index is 2980. The predicted octanol–water partition coefficient (Wildman–Crippen LogP) is 15.3. The lowest BCUT2D eigenvalue weighted by molar-refractivity contribution is 0.436. The molecule has 9 aromatic carbocycles. The van der Waals surface area contributed by atoms with Crippen molar-refractivity contribution >= 4 is 17.1 Å². The number of para-hydroxylation sites is 2. The van der Waals surface area contributed by atoms with Gasteiger partial charge in [-0.15, -0.1) is 0 Å². The van der Waals surface area contributed by atoms with Crippen molar-refractivity contribution in [3.8, 4) is 44.9 Å². The average molecular weight is 770 g/mol. The molecule has 0 fully saturated rings. The number of benzene rings is 9. The molecule has 1 aliphatic carbocycles. The molecule has 0 aromatic heterocycles. The fourth-order valence-electron chi connectivity index (χ4n) is 9.98. The molecule has 11 rings (SSSR count). The summed E-state index contributed by atoms with van der Waals surface area (Å²) < 4.78 is 7.01. The molecular weight excluding hydrogens is 727 g/mol. The van der Waals surface area contributed by atoms with Crippen LogP contribution in [0.5, 0.6) is 11.5 Å². The maximum Gasteiger partial charge on any atom is 0.140 e. The van der Waals surface area contributed by atoms with Crippen LogP contribution in [-0.4, -0.2) is 0 Å². The Balaban J connectivity index is 1.07. The van der Waals surface area contributed by atoms with Crippen LogP contribution >= 0.6 is 0 Å². The standard InChI is InChI=1S/C58H43NO/c1-57(2)51-28-13-12-26-49(51)50-37-36-47(39-54(50)57)59(46-25-16-20-42(38-46)40-18-6-3-7-19-40)45-34-32-41(33-35-45)48-27-17-30-53-56(48)60-55-31-15-14-29-52(55)58(53,43-21-8-4-9-22-43)44-23-10-5-11-24-44/h3-39H,1-2H3. The molecule has 2 nitrogen and oxygen atoms in total. The van der Waals surface area contributed by atoms with Crippen LogP contribution in [0.15, 0.2) is 224 Å². The second-order valence-corrected chi connectivity index (χ2v) is 16.5. The summed E-state index contributed by atoms with van der Waals surface area (Å²) in [4.78, 5) is 2.40. The summed E-state index contributed by atoms with van der Waals surface area (Å²) in [6, 6.07) is 81.3. The summed E-state index contributed by atoms with van der Waals surface area (Å²) in [6.45, 7) is 4.70. The maximum atomic E-state index is 7.01. The fourth-order valence-corrected chi connectivity index (χ4v) is 9.98. The monoisotopic (exact) mass is 769 g/mol. The summed E-state index contributed by atoms with van der Waals surface area (Å²) in [7, 11) is 0. The van der Waals surface area contributed by atoms with E-state index < -0.39 is 5.41 Å². The zero-order valence-corrected chi connectivity index (χ0v) is 33.7. The van der Waals surface area contributed by atoms with Gasteiger partial charge in [-0.25, -0.2) is 0 Å². The Morgan fingerprint density at radius 2 is 0.883 bits per heavy atom. The van der Waals surface area contributed by atoms with Crippen LogP contribution in [0.2, 0.25) is 0 Å². The Hall–Kier alpha value is -7.42. The van der Waals surface area contributed by atoms with E-state index in [1.807, 2.05) is 0 Å². The molecule has 0 unspecified atom stereocenters. The largest absolute Gasteiger partial charge is 0.456 e. The zero-order valence-electron chi connectivity index (χ0n) is 33.7. The lowest BCUT2D eigenvalue weighted by Crippen LogP contribution is -2.34. The van der Waals surface area contributed by atoms with E-state index in [2.05, 4.69) is 243 Å². The van der Waals surface area contributed by atoms with Gasteiger partial charge in [-0.1, -0.05) is 196 Å². The SMILES string of the molecule is CC1(C)c2ccccc2-c2ccc(N(c3ccc(-c4cccc5c4Oc4ccccc4C5(c4ccccc4)c4ccccc4)cc3)c3cccc(-c4ccccc4)c3)cc21. The topological polar surface area (TPSA) is 12.5 Å². The third-order valence-corrected chi connectivity index (χ3v) is 12.8. The van der Waals surface area contributed by atoms with E-state index in [4.69, 9.17) is 4.74 Å². The van der Waals surface area contributed by atoms with Gasteiger partial charge in [0.15, 0.2) is 0 Å². The van der Waals surface area contributed by atoms with Gasteiger partial charge in [0.25, 0.3) is 0 Å². The Morgan fingerprint density at radius 1 is 0.350 bits per heavy atom. The molecule has 0 bridgehead atoms. The van der Waals surface area contributed by atoms with Gasteiger partial charge in [-0.05, 0) is 92.5 Å². The summed E-state index contributed by atoms with van der Waals surface area (Å²) in [5, 5.41) is 0. The van der Waals surface area contributed by atoms with Crippen molar-refractivity contribution in [1.82, 2.24) is 0 Å². The number of ether oxygens (including phenoxy) is 1. The lowest BCUT2D eigenvalue weighted by atomic mass is 9.63. The molecule has 0 spiro atoms. The Morgan fingerprint density at radius 3 is 1.62 bits per heavy atom. The van der Waals surface area contributed by atoms with Gasteiger partial charge in [0.1, 0.15) is 11.5 Å². The van der Waals surface area contributed by atoms with Crippen molar-refractivity contribution < 1.29 is 4.74 Å². The van der Waals surface area contributed by atoms with E-state index in [0.29, 0.717) is 0 Å². The number of fused-ring (bicyclic) bond motifs is 5. The highest BCUT2D eigenvalue weighted by molar-refractivity contribution is 5.87. The quantitative estimate of drug-likeness (QED) is 0.160. The van der Waals surface area contributed by atoms with Gasteiger partial charge >= 0.3 is 0 Å². The summed E-state index contributed by atoms with van der Waals surface area (Å²) in [5.41, 5.74) is 17.1. The molecule has 9 aromatic rings. The van der Waals surface area contributed by atoms with E-state index in [0.717, 1.165) is 50.8 Å². The van der Waals surface area contributed by atoms with Gasteiger partial charge in [-0.2, -0.15) is 0 Å². The summed E-state index contributed by atoms with van der Waals surface area (Å²) >= 11 is 0. The molecule has 1 heterocycles. The fraction of sp³-hybridized carbons (Fsp3) is 0.0690. The first-order valence-electron chi connectivity index (χ1n) is 20.8. The van der Waals surface area contributed by atoms with Crippen LogP contribution < -0.4 is 9.64 Å². The van der Waals surface area contributed by atoms with Crippen LogP contribution in [0.1, 0.15) is 47.2 Å².